The molecule has 1 aliphatic rings. The molecule has 7 nitrogen and oxygen atoms in total. The summed E-state index contributed by atoms with van der Waals surface area (Å²) in [7, 11) is -3.42. The monoisotopic (exact) mass is 403 g/mol. The van der Waals surface area contributed by atoms with Crippen LogP contribution in [0.5, 0.6) is 0 Å². The average Bonchev–Trinajstić information content (AvgIpc) is 3.33. The van der Waals surface area contributed by atoms with Crippen LogP contribution in [0.25, 0.3) is 11.3 Å². The highest BCUT2D eigenvalue weighted by molar-refractivity contribution is 7.91. The van der Waals surface area contributed by atoms with Crippen molar-refractivity contribution in [1.82, 2.24) is 24.5 Å². The van der Waals surface area contributed by atoms with Gasteiger partial charge >= 0.3 is 0 Å². The summed E-state index contributed by atoms with van der Waals surface area (Å²) in [6.45, 7) is 1.90. The standard InChI is InChI=1S/C18H21N5O2S2/c1-13-8-18(26-11-13)27(24,25)22-15-2-4-16(5-3-15)23-10-14(9-21-23)17-6-7-19-12-20-17/h6-12,15-16,22H,2-5H2,1H3. The van der Waals surface area contributed by atoms with E-state index < -0.39 is 10.0 Å². The molecule has 0 saturated heterocycles. The van der Waals surface area contributed by atoms with Crippen LogP contribution in [0.15, 0.2) is 46.6 Å². The Balaban J connectivity index is 1.37. The van der Waals surface area contributed by atoms with Crippen molar-refractivity contribution >= 4 is 21.4 Å². The van der Waals surface area contributed by atoms with Gasteiger partial charge in [-0.3, -0.25) is 4.68 Å². The molecule has 27 heavy (non-hydrogen) atoms. The Kier molecular flexibility index (Phi) is 5.07. The van der Waals surface area contributed by atoms with E-state index in [1.807, 2.05) is 35.4 Å². The van der Waals surface area contributed by atoms with Crippen LogP contribution in [0.3, 0.4) is 0 Å². The summed E-state index contributed by atoms with van der Waals surface area (Å²) in [5.41, 5.74) is 2.79. The molecular weight excluding hydrogens is 382 g/mol. The summed E-state index contributed by atoms with van der Waals surface area (Å²) in [6, 6.07) is 3.84. The number of nitrogens with one attached hydrogen (secondary N) is 1. The number of hydrogen-bond acceptors (Lipinski definition) is 6. The largest absolute Gasteiger partial charge is 0.269 e. The fourth-order valence-corrected chi connectivity index (χ4v) is 5.96. The first-order chi connectivity index (χ1) is 13.0. The van der Waals surface area contributed by atoms with Gasteiger partial charge in [0, 0.05) is 24.0 Å². The second kappa shape index (κ2) is 7.49. The summed E-state index contributed by atoms with van der Waals surface area (Å²) in [4.78, 5) is 8.18. The van der Waals surface area contributed by atoms with E-state index in [9.17, 15) is 8.42 Å². The molecule has 3 aromatic heterocycles. The Morgan fingerprint density at radius 2 is 2.07 bits per heavy atom. The van der Waals surface area contributed by atoms with Crippen LogP contribution >= 0.6 is 11.3 Å². The van der Waals surface area contributed by atoms with Crippen LogP contribution in [0, 0.1) is 6.92 Å². The van der Waals surface area contributed by atoms with E-state index in [4.69, 9.17) is 0 Å². The molecule has 3 heterocycles. The highest BCUT2D eigenvalue weighted by atomic mass is 32.2. The van der Waals surface area contributed by atoms with Crippen molar-refractivity contribution < 1.29 is 8.42 Å². The Hall–Kier alpha value is -2.10. The zero-order valence-corrected chi connectivity index (χ0v) is 16.6. The molecular formula is C18H21N5O2S2. The number of nitrogens with zero attached hydrogens (tertiary/aromatic N) is 4. The molecule has 1 N–H and O–H groups in total. The van der Waals surface area contributed by atoms with Crippen molar-refractivity contribution in [2.45, 2.75) is 48.9 Å². The Morgan fingerprint density at radius 3 is 2.74 bits per heavy atom. The first-order valence-electron chi connectivity index (χ1n) is 8.89. The fraction of sp³-hybridized carbons (Fsp3) is 0.389. The smallest absolute Gasteiger partial charge is 0.250 e. The van der Waals surface area contributed by atoms with E-state index in [-0.39, 0.29) is 12.1 Å². The van der Waals surface area contributed by atoms with Gasteiger partial charge in [0.05, 0.1) is 17.9 Å². The number of thiophene rings is 1. The Morgan fingerprint density at radius 1 is 1.26 bits per heavy atom. The number of rotatable bonds is 5. The molecule has 0 aliphatic heterocycles. The van der Waals surface area contributed by atoms with Crippen molar-refractivity contribution in [3.8, 4) is 11.3 Å². The van der Waals surface area contributed by atoms with E-state index in [2.05, 4.69) is 19.8 Å². The molecule has 0 aromatic carbocycles. The lowest BCUT2D eigenvalue weighted by molar-refractivity contribution is 0.294. The third-order valence-corrected chi connectivity index (χ3v) is 7.92. The number of hydrogen-bond donors (Lipinski definition) is 1. The molecule has 0 spiro atoms. The van der Waals surface area contributed by atoms with Gasteiger partial charge in [0.2, 0.25) is 10.0 Å². The van der Waals surface area contributed by atoms with Gasteiger partial charge in [-0.2, -0.15) is 5.10 Å². The predicted molar refractivity (Wildman–Crippen MR) is 104 cm³/mol. The summed E-state index contributed by atoms with van der Waals surface area (Å²) in [6.07, 6.45) is 10.4. The zero-order chi connectivity index (χ0) is 18.9. The minimum Gasteiger partial charge on any atom is -0.269 e. The van der Waals surface area contributed by atoms with E-state index in [1.54, 1.807) is 12.3 Å². The first kappa shape index (κ1) is 18.3. The van der Waals surface area contributed by atoms with Crippen molar-refractivity contribution in [2.75, 3.05) is 0 Å². The van der Waals surface area contributed by atoms with Gasteiger partial charge in [-0.05, 0) is 55.7 Å². The lowest BCUT2D eigenvalue weighted by Gasteiger charge is -2.28. The maximum absolute atomic E-state index is 12.5. The summed E-state index contributed by atoms with van der Waals surface area (Å²) in [5.74, 6) is 0. The lowest BCUT2D eigenvalue weighted by Crippen LogP contribution is -2.37. The maximum Gasteiger partial charge on any atom is 0.250 e. The second-order valence-corrected chi connectivity index (χ2v) is 9.73. The SMILES string of the molecule is Cc1csc(S(=O)(=O)NC2CCC(n3cc(-c4ccncn4)cn3)CC2)c1. The van der Waals surface area contributed by atoms with Crippen LogP contribution in [-0.4, -0.2) is 34.2 Å². The Bertz CT molecular complexity index is 1010. The predicted octanol–water partition coefficient (Wildman–Crippen LogP) is 3.17. The van der Waals surface area contributed by atoms with Gasteiger partial charge in [-0.25, -0.2) is 23.1 Å². The minimum atomic E-state index is -3.42. The van der Waals surface area contributed by atoms with Crippen LogP contribution < -0.4 is 4.72 Å². The quantitative estimate of drug-likeness (QED) is 0.707. The number of aryl methyl sites for hydroxylation is 1. The highest BCUT2D eigenvalue weighted by Gasteiger charge is 2.27. The summed E-state index contributed by atoms with van der Waals surface area (Å²) >= 11 is 1.27. The Labute approximate surface area is 162 Å². The molecule has 1 saturated carbocycles. The van der Waals surface area contributed by atoms with Crippen LogP contribution in [0.4, 0.5) is 0 Å². The number of aromatic nitrogens is 4. The molecule has 3 aromatic rings. The molecule has 142 valence electrons. The number of sulfonamides is 1. The molecule has 0 radical (unpaired) electrons. The summed E-state index contributed by atoms with van der Waals surface area (Å²) in [5, 5.41) is 6.35. The van der Waals surface area contributed by atoms with Gasteiger partial charge in [0.15, 0.2) is 0 Å². The molecule has 0 atom stereocenters. The molecule has 1 aliphatic carbocycles. The van der Waals surface area contributed by atoms with Crippen LogP contribution in [-0.2, 0) is 10.0 Å². The highest BCUT2D eigenvalue weighted by Crippen LogP contribution is 2.30. The van der Waals surface area contributed by atoms with Gasteiger partial charge in [-0.15, -0.1) is 11.3 Å². The fourth-order valence-electron chi connectivity index (χ4n) is 3.41. The van der Waals surface area contributed by atoms with Crippen molar-refractivity contribution in [1.29, 1.82) is 0 Å². The third-order valence-electron chi connectivity index (χ3n) is 4.84. The van der Waals surface area contributed by atoms with E-state index in [1.165, 1.54) is 17.7 Å². The topological polar surface area (TPSA) is 89.8 Å². The first-order valence-corrected chi connectivity index (χ1v) is 11.3. The molecule has 0 unspecified atom stereocenters. The molecule has 1 fully saturated rings. The third kappa shape index (κ3) is 4.10. The van der Waals surface area contributed by atoms with Gasteiger partial charge < -0.3 is 0 Å². The van der Waals surface area contributed by atoms with Crippen molar-refractivity contribution in [3.63, 3.8) is 0 Å². The molecule has 9 heteroatoms. The van der Waals surface area contributed by atoms with Crippen LogP contribution in [0.2, 0.25) is 0 Å². The molecule has 0 bridgehead atoms. The molecule has 0 amide bonds. The summed E-state index contributed by atoms with van der Waals surface area (Å²) < 4.78 is 30.2. The second-order valence-electron chi connectivity index (χ2n) is 6.87. The average molecular weight is 404 g/mol. The van der Waals surface area contributed by atoms with Crippen molar-refractivity contribution in [3.05, 3.63) is 48.0 Å². The zero-order valence-electron chi connectivity index (χ0n) is 14.9. The normalized spacial score (nSPS) is 20.6. The van der Waals surface area contributed by atoms with Gasteiger partial charge in [-0.1, -0.05) is 0 Å². The van der Waals surface area contributed by atoms with E-state index in [0.717, 1.165) is 42.5 Å². The van der Waals surface area contributed by atoms with Crippen molar-refractivity contribution in [2.24, 2.45) is 0 Å². The van der Waals surface area contributed by atoms with Gasteiger partial charge in [0.1, 0.15) is 10.5 Å². The van der Waals surface area contributed by atoms with Crippen LogP contribution in [0.1, 0.15) is 37.3 Å². The van der Waals surface area contributed by atoms with Gasteiger partial charge in [0.25, 0.3) is 0 Å². The van der Waals surface area contributed by atoms with E-state index >= 15 is 0 Å². The molecule has 4 rings (SSSR count). The maximum atomic E-state index is 12.5. The minimum absolute atomic E-state index is 0.0226. The lowest BCUT2D eigenvalue weighted by atomic mass is 9.92. The van der Waals surface area contributed by atoms with E-state index in [0.29, 0.717) is 4.21 Å².